The van der Waals surface area contributed by atoms with Crippen LogP contribution in [-0.4, -0.2) is 45.4 Å². The molecule has 19 heavy (non-hydrogen) atoms. The summed E-state index contributed by atoms with van der Waals surface area (Å²) in [6.45, 7) is -0.182. The van der Waals surface area contributed by atoms with Crippen LogP contribution in [0.1, 0.15) is 0 Å². The van der Waals surface area contributed by atoms with Crippen LogP contribution >= 0.6 is 11.6 Å². The maximum absolute atomic E-state index is 12.3. The summed E-state index contributed by atoms with van der Waals surface area (Å²) >= 11 is 5.71. The fraction of sp³-hybridized carbons (Fsp3) is 0.364. The maximum Gasteiger partial charge on any atom is 0.243 e. The number of primary amides is 1. The Morgan fingerprint density at radius 2 is 1.95 bits per heavy atom. The molecule has 0 saturated heterocycles. The zero-order valence-corrected chi connectivity index (χ0v) is 11.9. The molecule has 106 valence electrons. The van der Waals surface area contributed by atoms with Gasteiger partial charge in [0.2, 0.25) is 15.9 Å². The van der Waals surface area contributed by atoms with Gasteiger partial charge in [-0.05, 0) is 24.3 Å². The number of hydrogen-bond acceptors (Lipinski definition) is 4. The number of benzene rings is 1. The number of carbonyl (C=O) groups is 1. The van der Waals surface area contributed by atoms with Crippen molar-refractivity contribution < 1.29 is 17.9 Å². The van der Waals surface area contributed by atoms with E-state index in [1.54, 1.807) is 0 Å². The Hall–Kier alpha value is -1.15. The summed E-state index contributed by atoms with van der Waals surface area (Å²) in [4.78, 5) is 11.0. The minimum absolute atomic E-state index is 0.0460. The van der Waals surface area contributed by atoms with Gasteiger partial charge in [-0.2, -0.15) is 4.31 Å². The van der Waals surface area contributed by atoms with E-state index in [9.17, 15) is 13.2 Å². The van der Waals surface area contributed by atoms with Gasteiger partial charge in [0.05, 0.1) is 18.0 Å². The van der Waals surface area contributed by atoms with Gasteiger partial charge >= 0.3 is 0 Å². The van der Waals surface area contributed by atoms with Crippen molar-refractivity contribution in [2.75, 3.05) is 26.8 Å². The van der Waals surface area contributed by atoms with Crippen molar-refractivity contribution in [1.82, 2.24) is 4.31 Å². The number of sulfonamides is 1. The molecule has 0 aliphatic heterocycles. The summed E-state index contributed by atoms with van der Waals surface area (Å²) in [5.41, 5.74) is 5.06. The summed E-state index contributed by atoms with van der Waals surface area (Å²) < 4.78 is 30.4. The van der Waals surface area contributed by atoms with Crippen LogP contribution in [0.2, 0.25) is 5.02 Å². The van der Waals surface area contributed by atoms with Crippen LogP contribution in [0.5, 0.6) is 0 Å². The molecular formula is C11H15ClN2O4S. The van der Waals surface area contributed by atoms with E-state index in [0.29, 0.717) is 5.02 Å². The summed E-state index contributed by atoms with van der Waals surface area (Å²) in [6, 6.07) is 5.68. The highest BCUT2D eigenvalue weighted by Gasteiger charge is 2.25. The van der Waals surface area contributed by atoms with E-state index in [4.69, 9.17) is 22.1 Å². The van der Waals surface area contributed by atoms with Crippen molar-refractivity contribution in [3.8, 4) is 0 Å². The van der Waals surface area contributed by atoms with E-state index >= 15 is 0 Å². The lowest BCUT2D eigenvalue weighted by atomic mass is 10.4. The van der Waals surface area contributed by atoms with Gasteiger partial charge < -0.3 is 10.5 Å². The highest BCUT2D eigenvalue weighted by Crippen LogP contribution is 2.18. The number of halogens is 1. The number of nitrogens with two attached hydrogens (primary N) is 1. The number of methoxy groups -OCH3 is 1. The average molecular weight is 307 g/mol. The van der Waals surface area contributed by atoms with Gasteiger partial charge in [0.15, 0.2) is 0 Å². The zero-order valence-electron chi connectivity index (χ0n) is 10.4. The molecular weight excluding hydrogens is 292 g/mol. The molecule has 0 radical (unpaired) electrons. The van der Waals surface area contributed by atoms with E-state index in [1.807, 2.05) is 0 Å². The molecule has 0 fully saturated rings. The molecule has 0 unspecified atom stereocenters. The molecule has 0 aliphatic carbocycles. The highest BCUT2D eigenvalue weighted by molar-refractivity contribution is 7.89. The average Bonchev–Trinajstić information content (AvgIpc) is 2.34. The molecule has 0 bridgehead atoms. The smallest absolute Gasteiger partial charge is 0.243 e. The van der Waals surface area contributed by atoms with Crippen LogP contribution in [0.3, 0.4) is 0 Å². The van der Waals surface area contributed by atoms with Crippen molar-refractivity contribution in [3.63, 3.8) is 0 Å². The lowest BCUT2D eigenvalue weighted by Crippen LogP contribution is -2.40. The first kappa shape index (κ1) is 15.9. The third kappa shape index (κ3) is 4.46. The first-order valence-corrected chi connectivity index (χ1v) is 7.22. The SMILES string of the molecule is COCCN(CC(N)=O)S(=O)(=O)c1ccc(Cl)cc1. The lowest BCUT2D eigenvalue weighted by molar-refractivity contribution is -0.118. The summed E-state index contributed by atoms with van der Waals surface area (Å²) in [6.07, 6.45) is 0. The Labute approximate surface area is 117 Å². The molecule has 0 spiro atoms. The monoisotopic (exact) mass is 306 g/mol. The van der Waals surface area contributed by atoms with Gasteiger partial charge in [-0.3, -0.25) is 4.79 Å². The van der Waals surface area contributed by atoms with Crippen LogP contribution in [0.15, 0.2) is 29.2 Å². The molecule has 6 nitrogen and oxygen atoms in total. The number of ether oxygens (including phenoxy) is 1. The second-order valence-electron chi connectivity index (χ2n) is 3.75. The molecule has 0 heterocycles. The minimum atomic E-state index is -3.79. The highest BCUT2D eigenvalue weighted by atomic mass is 35.5. The normalized spacial score (nSPS) is 11.7. The largest absolute Gasteiger partial charge is 0.383 e. The Bertz CT molecular complexity index is 530. The molecule has 1 rings (SSSR count). The van der Waals surface area contributed by atoms with Crippen molar-refractivity contribution in [2.24, 2.45) is 5.73 Å². The van der Waals surface area contributed by atoms with Crippen molar-refractivity contribution in [2.45, 2.75) is 4.90 Å². The number of hydrogen-bond donors (Lipinski definition) is 1. The first-order chi connectivity index (χ1) is 8.87. The molecule has 0 atom stereocenters. The van der Waals surface area contributed by atoms with E-state index in [2.05, 4.69) is 0 Å². The molecule has 0 saturated carbocycles. The van der Waals surface area contributed by atoms with Crippen LogP contribution < -0.4 is 5.73 Å². The van der Waals surface area contributed by atoms with E-state index < -0.39 is 22.5 Å². The first-order valence-electron chi connectivity index (χ1n) is 5.41. The summed E-state index contributed by atoms with van der Waals surface area (Å²) in [5.74, 6) is -0.728. The molecule has 0 aliphatic rings. The van der Waals surface area contributed by atoms with Gasteiger partial charge in [0, 0.05) is 18.7 Å². The van der Waals surface area contributed by atoms with Crippen LogP contribution in [0, 0.1) is 0 Å². The second kappa shape index (κ2) is 6.85. The molecule has 1 aromatic carbocycles. The molecule has 8 heteroatoms. The number of nitrogens with zero attached hydrogens (tertiary/aromatic N) is 1. The molecule has 2 N–H and O–H groups in total. The fourth-order valence-electron chi connectivity index (χ4n) is 1.41. The summed E-state index contributed by atoms with van der Waals surface area (Å²) in [5, 5.41) is 0.428. The predicted molar refractivity (Wildman–Crippen MR) is 71.3 cm³/mol. The number of rotatable bonds is 7. The lowest BCUT2D eigenvalue weighted by Gasteiger charge is -2.20. The maximum atomic E-state index is 12.3. The van der Waals surface area contributed by atoms with Gasteiger partial charge in [-0.25, -0.2) is 8.42 Å². The molecule has 1 amide bonds. The van der Waals surface area contributed by atoms with Gasteiger partial charge in [-0.15, -0.1) is 0 Å². The van der Waals surface area contributed by atoms with Crippen LogP contribution in [0.25, 0.3) is 0 Å². The predicted octanol–water partition coefficient (Wildman–Crippen LogP) is 0.462. The van der Waals surface area contributed by atoms with Crippen molar-refractivity contribution in [3.05, 3.63) is 29.3 Å². The quantitative estimate of drug-likeness (QED) is 0.792. The zero-order chi connectivity index (χ0) is 14.5. The second-order valence-corrected chi connectivity index (χ2v) is 6.13. The van der Waals surface area contributed by atoms with Gasteiger partial charge in [0.25, 0.3) is 0 Å². The Morgan fingerprint density at radius 3 is 2.42 bits per heavy atom. The van der Waals surface area contributed by atoms with Gasteiger partial charge in [0.1, 0.15) is 0 Å². The standard InChI is InChI=1S/C11H15ClN2O4S/c1-18-7-6-14(8-11(13)15)19(16,17)10-4-2-9(12)3-5-10/h2-5H,6-8H2,1H3,(H2,13,15). The van der Waals surface area contributed by atoms with Crippen LogP contribution in [-0.2, 0) is 19.6 Å². The third-order valence-electron chi connectivity index (χ3n) is 2.33. The van der Waals surface area contributed by atoms with E-state index in [0.717, 1.165) is 4.31 Å². The van der Waals surface area contributed by atoms with Crippen molar-refractivity contribution >= 4 is 27.5 Å². The molecule has 1 aromatic rings. The van der Waals surface area contributed by atoms with Gasteiger partial charge in [-0.1, -0.05) is 11.6 Å². The molecule has 0 aromatic heterocycles. The Balaban J connectivity index is 3.03. The Kier molecular flexibility index (Phi) is 5.74. The topological polar surface area (TPSA) is 89.7 Å². The fourth-order valence-corrected chi connectivity index (χ4v) is 2.92. The summed E-state index contributed by atoms with van der Waals surface area (Å²) in [7, 11) is -2.35. The van der Waals surface area contributed by atoms with Crippen LogP contribution in [0.4, 0.5) is 0 Å². The third-order valence-corrected chi connectivity index (χ3v) is 4.44. The number of carbonyl (C=O) groups excluding carboxylic acids is 1. The van der Waals surface area contributed by atoms with E-state index in [1.165, 1.54) is 31.4 Å². The Morgan fingerprint density at radius 1 is 1.37 bits per heavy atom. The van der Waals surface area contributed by atoms with E-state index in [-0.39, 0.29) is 18.0 Å². The number of amides is 1. The van der Waals surface area contributed by atoms with Crippen molar-refractivity contribution in [1.29, 1.82) is 0 Å². The minimum Gasteiger partial charge on any atom is -0.383 e.